The Morgan fingerprint density at radius 2 is 1.88 bits per heavy atom. The number of carbonyl (C=O) groups excluding carboxylic acids is 1. The van der Waals surface area contributed by atoms with Gasteiger partial charge in [-0.15, -0.1) is 23.7 Å². The van der Waals surface area contributed by atoms with Crippen LogP contribution in [0.25, 0.3) is 0 Å². The number of thiophene rings is 1. The van der Waals surface area contributed by atoms with Gasteiger partial charge in [0.15, 0.2) is 0 Å². The highest BCUT2D eigenvalue weighted by molar-refractivity contribution is 7.10. The third kappa shape index (κ3) is 4.38. The summed E-state index contributed by atoms with van der Waals surface area (Å²) in [6.07, 6.45) is 5.51. The van der Waals surface area contributed by atoms with Crippen LogP contribution < -0.4 is 5.73 Å². The summed E-state index contributed by atoms with van der Waals surface area (Å²) in [7, 11) is 0. The van der Waals surface area contributed by atoms with Crippen molar-refractivity contribution in [2.24, 2.45) is 5.73 Å². The Morgan fingerprint density at radius 1 is 1.12 bits per heavy atom. The van der Waals surface area contributed by atoms with Gasteiger partial charge in [0.05, 0.1) is 5.56 Å². The molecule has 1 aromatic carbocycles. The van der Waals surface area contributed by atoms with E-state index in [0.29, 0.717) is 13.1 Å². The molecular weight excluding hydrogens is 340 g/mol. The van der Waals surface area contributed by atoms with Gasteiger partial charge < -0.3 is 10.6 Å². The van der Waals surface area contributed by atoms with Crippen LogP contribution in [-0.2, 0) is 19.3 Å². The lowest BCUT2D eigenvalue weighted by molar-refractivity contribution is 0.0761. The SMILES string of the molecule is Cl.NCCN(CCc1ccccc1)C(=O)c1csc2c1CCCC2. The predicted octanol–water partition coefficient (Wildman–Crippen LogP) is 3.69. The molecule has 0 spiro atoms. The number of hydrogen-bond acceptors (Lipinski definition) is 3. The van der Waals surface area contributed by atoms with Crippen molar-refractivity contribution in [3.8, 4) is 0 Å². The van der Waals surface area contributed by atoms with Crippen molar-refractivity contribution in [3.63, 3.8) is 0 Å². The second-order valence-corrected chi connectivity index (χ2v) is 7.04. The normalized spacial score (nSPS) is 13.0. The fourth-order valence-electron chi connectivity index (χ4n) is 3.22. The Balaban J connectivity index is 0.00000208. The molecule has 0 atom stereocenters. The number of rotatable bonds is 6. The van der Waals surface area contributed by atoms with Crippen LogP contribution in [0.5, 0.6) is 0 Å². The summed E-state index contributed by atoms with van der Waals surface area (Å²) < 4.78 is 0. The van der Waals surface area contributed by atoms with Gasteiger partial charge in [-0.3, -0.25) is 4.79 Å². The molecule has 2 aromatic rings. The predicted molar refractivity (Wildman–Crippen MR) is 103 cm³/mol. The lowest BCUT2D eigenvalue weighted by atomic mass is 9.95. The van der Waals surface area contributed by atoms with Gasteiger partial charge in [0, 0.05) is 29.9 Å². The highest BCUT2D eigenvalue weighted by atomic mass is 35.5. The Bertz CT molecular complexity index is 657. The third-order valence-corrected chi connectivity index (χ3v) is 5.58. The van der Waals surface area contributed by atoms with Crippen LogP contribution in [0.1, 0.15) is 39.2 Å². The molecule has 0 fully saturated rings. The second-order valence-electron chi connectivity index (χ2n) is 6.07. The molecular formula is C19H25ClN2OS. The van der Waals surface area contributed by atoms with E-state index in [1.165, 1.54) is 28.8 Å². The number of halogens is 1. The van der Waals surface area contributed by atoms with Gasteiger partial charge in [0.1, 0.15) is 0 Å². The van der Waals surface area contributed by atoms with Gasteiger partial charge in [0.2, 0.25) is 0 Å². The summed E-state index contributed by atoms with van der Waals surface area (Å²) in [4.78, 5) is 16.3. The number of carbonyl (C=O) groups is 1. The van der Waals surface area contributed by atoms with Crippen LogP contribution in [0.4, 0.5) is 0 Å². The first-order valence-corrected chi connectivity index (χ1v) is 9.30. The largest absolute Gasteiger partial charge is 0.337 e. The van der Waals surface area contributed by atoms with E-state index in [-0.39, 0.29) is 18.3 Å². The standard InChI is InChI=1S/C19H24N2OS.ClH/c20-11-13-21(12-10-15-6-2-1-3-7-15)19(22)17-14-23-18-9-5-4-8-16(17)18;/h1-3,6-7,14H,4-5,8-13,20H2;1H. The van der Waals surface area contributed by atoms with E-state index in [4.69, 9.17) is 5.73 Å². The second kappa shape index (κ2) is 9.21. The highest BCUT2D eigenvalue weighted by Gasteiger charge is 2.23. The molecule has 1 aliphatic carbocycles. The van der Waals surface area contributed by atoms with Crippen LogP contribution in [0.15, 0.2) is 35.7 Å². The molecule has 130 valence electrons. The Morgan fingerprint density at radius 3 is 2.62 bits per heavy atom. The molecule has 0 unspecified atom stereocenters. The first kappa shape index (κ1) is 19.0. The highest BCUT2D eigenvalue weighted by Crippen LogP contribution is 2.31. The number of amides is 1. The number of nitrogens with zero attached hydrogens (tertiary/aromatic N) is 1. The number of benzene rings is 1. The summed E-state index contributed by atoms with van der Waals surface area (Å²) in [6, 6.07) is 10.3. The van der Waals surface area contributed by atoms with Crippen LogP contribution in [-0.4, -0.2) is 30.4 Å². The zero-order chi connectivity index (χ0) is 16.1. The average molecular weight is 365 g/mol. The molecule has 3 nitrogen and oxygen atoms in total. The zero-order valence-electron chi connectivity index (χ0n) is 13.9. The van der Waals surface area contributed by atoms with E-state index >= 15 is 0 Å². The number of fused-ring (bicyclic) bond motifs is 1. The van der Waals surface area contributed by atoms with Crippen molar-refractivity contribution in [2.75, 3.05) is 19.6 Å². The van der Waals surface area contributed by atoms with E-state index in [2.05, 4.69) is 17.5 Å². The molecule has 1 amide bonds. The van der Waals surface area contributed by atoms with Gasteiger partial charge in [-0.05, 0) is 43.2 Å². The first-order chi connectivity index (χ1) is 11.3. The maximum Gasteiger partial charge on any atom is 0.255 e. The van der Waals surface area contributed by atoms with Crippen molar-refractivity contribution >= 4 is 29.7 Å². The summed E-state index contributed by atoms with van der Waals surface area (Å²) in [5.41, 5.74) is 9.22. The van der Waals surface area contributed by atoms with Crippen molar-refractivity contribution in [2.45, 2.75) is 32.1 Å². The van der Waals surface area contributed by atoms with Crippen molar-refractivity contribution < 1.29 is 4.79 Å². The molecule has 2 N–H and O–H groups in total. The molecule has 1 aliphatic rings. The lowest BCUT2D eigenvalue weighted by Crippen LogP contribution is -2.37. The number of aryl methyl sites for hydroxylation is 1. The van der Waals surface area contributed by atoms with Gasteiger partial charge >= 0.3 is 0 Å². The molecule has 0 aliphatic heterocycles. The molecule has 5 heteroatoms. The van der Waals surface area contributed by atoms with Gasteiger partial charge in [-0.1, -0.05) is 30.3 Å². The van der Waals surface area contributed by atoms with Crippen LogP contribution >= 0.6 is 23.7 Å². The maximum atomic E-state index is 13.0. The minimum Gasteiger partial charge on any atom is -0.337 e. The quantitative estimate of drug-likeness (QED) is 0.849. The van der Waals surface area contributed by atoms with Gasteiger partial charge in [0.25, 0.3) is 5.91 Å². The first-order valence-electron chi connectivity index (χ1n) is 8.42. The summed E-state index contributed by atoms with van der Waals surface area (Å²) in [5, 5.41) is 2.06. The molecule has 24 heavy (non-hydrogen) atoms. The minimum atomic E-state index is 0. The summed E-state index contributed by atoms with van der Waals surface area (Å²) >= 11 is 1.75. The lowest BCUT2D eigenvalue weighted by Gasteiger charge is -2.23. The van der Waals surface area contributed by atoms with Gasteiger partial charge in [-0.25, -0.2) is 0 Å². The average Bonchev–Trinajstić information content (AvgIpc) is 3.03. The molecule has 1 heterocycles. The zero-order valence-corrected chi connectivity index (χ0v) is 15.5. The van der Waals surface area contributed by atoms with Crippen molar-refractivity contribution in [1.82, 2.24) is 4.90 Å². The van der Waals surface area contributed by atoms with Crippen molar-refractivity contribution in [1.29, 1.82) is 0 Å². The smallest absolute Gasteiger partial charge is 0.255 e. The molecule has 0 saturated heterocycles. The molecule has 1 aromatic heterocycles. The van der Waals surface area contributed by atoms with Gasteiger partial charge in [-0.2, -0.15) is 0 Å². The van der Waals surface area contributed by atoms with Crippen LogP contribution in [0.3, 0.4) is 0 Å². The van der Waals surface area contributed by atoms with E-state index in [9.17, 15) is 4.79 Å². The number of hydrogen-bond donors (Lipinski definition) is 1. The Kier molecular flexibility index (Phi) is 7.28. The van der Waals surface area contributed by atoms with E-state index < -0.39 is 0 Å². The Hall–Kier alpha value is -1.36. The van der Waals surface area contributed by atoms with E-state index in [1.807, 2.05) is 23.1 Å². The molecule has 0 bridgehead atoms. The van der Waals surface area contributed by atoms with E-state index in [1.54, 1.807) is 11.3 Å². The fourth-order valence-corrected chi connectivity index (χ4v) is 4.34. The molecule has 0 saturated carbocycles. The van der Waals surface area contributed by atoms with E-state index in [0.717, 1.165) is 31.4 Å². The number of nitrogens with two attached hydrogens (primary N) is 1. The topological polar surface area (TPSA) is 46.3 Å². The molecule has 3 rings (SSSR count). The summed E-state index contributed by atoms with van der Waals surface area (Å²) in [5.74, 6) is 0.158. The summed E-state index contributed by atoms with van der Waals surface area (Å²) in [6.45, 7) is 1.85. The van der Waals surface area contributed by atoms with Crippen molar-refractivity contribution in [3.05, 3.63) is 57.3 Å². The van der Waals surface area contributed by atoms with Crippen LogP contribution in [0, 0.1) is 0 Å². The maximum absolute atomic E-state index is 13.0. The van der Waals surface area contributed by atoms with Crippen LogP contribution in [0.2, 0.25) is 0 Å². The fraction of sp³-hybridized carbons (Fsp3) is 0.421. The molecule has 0 radical (unpaired) electrons. The third-order valence-electron chi connectivity index (χ3n) is 4.49. The monoisotopic (exact) mass is 364 g/mol. The minimum absolute atomic E-state index is 0. The Labute approximate surface area is 154 Å².